The molecule has 0 fully saturated rings. The van der Waals surface area contributed by atoms with Crippen LogP contribution in [-0.4, -0.2) is 18.3 Å². The highest BCUT2D eigenvalue weighted by atomic mass is 35.5. The van der Waals surface area contributed by atoms with Crippen molar-refractivity contribution in [3.63, 3.8) is 0 Å². The third-order valence-electron chi connectivity index (χ3n) is 3.25. The van der Waals surface area contributed by atoms with Crippen LogP contribution in [0.4, 0.5) is 4.39 Å². The summed E-state index contributed by atoms with van der Waals surface area (Å²) in [5, 5.41) is 10.2. The van der Waals surface area contributed by atoms with Crippen LogP contribution in [-0.2, 0) is 6.42 Å². The monoisotopic (exact) mass is 311 g/mol. The molecular formula is C16H19ClFNO2. The standard InChI is InChI=1S/C16H18FNO2.ClH/c1-20-15-8-7-12(17)10-13(15)16(18)14(19)9-11-5-3-2-4-6-11;/h2-8,10,14,16,19H,9,18H2,1H3;1H/t14-,16+;/m0./s1. The quantitative estimate of drug-likeness (QED) is 0.892. The first-order chi connectivity index (χ1) is 9.61. The summed E-state index contributed by atoms with van der Waals surface area (Å²) in [6, 6.07) is 13.0. The molecule has 0 radical (unpaired) electrons. The Balaban J connectivity index is 0.00000220. The lowest BCUT2D eigenvalue weighted by Gasteiger charge is -2.21. The first kappa shape index (κ1) is 17.4. The maximum Gasteiger partial charge on any atom is 0.123 e. The Hall–Kier alpha value is -1.62. The van der Waals surface area contributed by atoms with Gasteiger partial charge in [-0.05, 0) is 23.8 Å². The summed E-state index contributed by atoms with van der Waals surface area (Å²) in [7, 11) is 1.49. The number of hydrogen-bond donors (Lipinski definition) is 2. The minimum Gasteiger partial charge on any atom is -0.496 e. The number of nitrogens with two attached hydrogens (primary N) is 1. The molecule has 0 amide bonds. The van der Waals surface area contributed by atoms with E-state index >= 15 is 0 Å². The van der Waals surface area contributed by atoms with Crippen LogP contribution in [0, 0.1) is 5.82 Å². The zero-order chi connectivity index (χ0) is 14.5. The predicted octanol–water partition coefficient (Wildman–Crippen LogP) is 2.86. The maximum absolute atomic E-state index is 13.3. The smallest absolute Gasteiger partial charge is 0.123 e. The summed E-state index contributed by atoms with van der Waals surface area (Å²) in [6.07, 6.45) is -0.408. The van der Waals surface area contributed by atoms with Crippen molar-refractivity contribution in [2.75, 3.05) is 7.11 Å². The summed E-state index contributed by atoms with van der Waals surface area (Å²) in [6.45, 7) is 0. The molecule has 2 rings (SSSR count). The molecule has 0 saturated heterocycles. The normalized spacial score (nSPS) is 13.1. The molecule has 2 atom stereocenters. The fourth-order valence-electron chi connectivity index (χ4n) is 2.16. The number of ether oxygens (including phenoxy) is 1. The molecule has 0 heterocycles. The molecule has 3 N–H and O–H groups in total. The van der Waals surface area contributed by atoms with Crippen LogP contribution in [0.3, 0.4) is 0 Å². The van der Waals surface area contributed by atoms with Gasteiger partial charge in [-0.2, -0.15) is 0 Å². The van der Waals surface area contributed by atoms with Crippen molar-refractivity contribution in [3.8, 4) is 5.75 Å². The van der Waals surface area contributed by atoms with Gasteiger partial charge in [0.2, 0.25) is 0 Å². The molecule has 2 aromatic carbocycles. The number of aliphatic hydroxyl groups excluding tert-OH is 1. The molecular weight excluding hydrogens is 293 g/mol. The maximum atomic E-state index is 13.3. The molecule has 21 heavy (non-hydrogen) atoms. The van der Waals surface area contributed by atoms with Gasteiger partial charge in [-0.25, -0.2) is 4.39 Å². The molecule has 2 aromatic rings. The molecule has 0 bridgehead atoms. The highest BCUT2D eigenvalue weighted by molar-refractivity contribution is 5.85. The Labute approximate surface area is 130 Å². The van der Waals surface area contributed by atoms with Crippen LogP contribution < -0.4 is 10.5 Å². The van der Waals surface area contributed by atoms with Crippen LogP contribution in [0.5, 0.6) is 5.75 Å². The molecule has 0 aliphatic carbocycles. The second kappa shape index (κ2) is 7.98. The average Bonchev–Trinajstić information content (AvgIpc) is 2.47. The van der Waals surface area contributed by atoms with Crippen molar-refractivity contribution in [1.29, 1.82) is 0 Å². The Kier molecular flexibility index (Phi) is 6.62. The molecule has 0 aromatic heterocycles. The van der Waals surface area contributed by atoms with Gasteiger partial charge in [-0.15, -0.1) is 12.4 Å². The Morgan fingerprint density at radius 1 is 1.19 bits per heavy atom. The Morgan fingerprint density at radius 2 is 1.86 bits per heavy atom. The van der Waals surface area contributed by atoms with Gasteiger partial charge in [0.25, 0.3) is 0 Å². The minimum absolute atomic E-state index is 0. The van der Waals surface area contributed by atoms with Gasteiger partial charge in [0.15, 0.2) is 0 Å². The summed E-state index contributed by atoms with van der Waals surface area (Å²) in [5.41, 5.74) is 7.48. The topological polar surface area (TPSA) is 55.5 Å². The SMILES string of the molecule is COc1ccc(F)cc1[C@@H](N)[C@@H](O)Cc1ccccc1.Cl. The summed E-state index contributed by atoms with van der Waals surface area (Å²) in [5.74, 6) is 0.0779. The highest BCUT2D eigenvalue weighted by Gasteiger charge is 2.21. The van der Waals surface area contributed by atoms with Crippen molar-refractivity contribution in [2.24, 2.45) is 5.73 Å². The average molecular weight is 312 g/mol. The van der Waals surface area contributed by atoms with E-state index in [-0.39, 0.29) is 12.4 Å². The van der Waals surface area contributed by atoms with Crippen molar-refractivity contribution in [1.82, 2.24) is 0 Å². The third-order valence-corrected chi connectivity index (χ3v) is 3.25. The highest BCUT2D eigenvalue weighted by Crippen LogP contribution is 2.27. The largest absolute Gasteiger partial charge is 0.496 e. The zero-order valence-corrected chi connectivity index (χ0v) is 12.5. The van der Waals surface area contributed by atoms with Crippen molar-refractivity contribution in [2.45, 2.75) is 18.6 Å². The lowest BCUT2D eigenvalue weighted by atomic mass is 9.96. The van der Waals surface area contributed by atoms with Crippen molar-refractivity contribution >= 4 is 12.4 Å². The molecule has 5 heteroatoms. The van der Waals surface area contributed by atoms with E-state index in [0.717, 1.165) is 5.56 Å². The predicted molar refractivity (Wildman–Crippen MR) is 83.3 cm³/mol. The van der Waals surface area contributed by atoms with E-state index in [2.05, 4.69) is 0 Å². The first-order valence-electron chi connectivity index (χ1n) is 6.43. The number of hydrogen-bond acceptors (Lipinski definition) is 3. The molecule has 3 nitrogen and oxygen atoms in total. The van der Waals surface area contributed by atoms with E-state index in [1.54, 1.807) is 0 Å². The lowest BCUT2D eigenvalue weighted by molar-refractivity contribution is 0.143. The summed E-state index contributed by atoms with van der Waals surface area (Å²) in [4.78, 5) is 0. The van der Waals surface area contributed by atoms with Crippen molar-refractivity contribution in [3.05, 3.63) is 65.5 Å². The van der Waals surface area contributed by atoms with Gasteiger partial charge in [0.1, 0.15) is 11.6 Å². The molecule has 0 aliphatic heterocycles. The third kappa shape index (κ3) is 4.43. The van der Waals surface area contributed by atoms with E-state index in [0.29, 0.717) is 17.7 Å². The van der Waals surface area contributed by atoms with Crippen LogP contribution in [0.15, 0.2) is 48.5 Å². The van der Waals surface area contributed by atoms with Crippen LogP contribution >= 0.6 is 12.4 Å². The first-order valence-corrected chi connectivity index (χ1v) is 6.43. The second-order valence-electron chi connectivity index (χ2n) is 4.67. The van der Waals surface area contributed by atoms with E-state index in [9.17, 15) is 9.50 Å². The van der Waals surface area contributed by atoms with E-state index < -0.39 is 18.0 Å². The Morgan fingerprint density at radius 3 is 2.48 bits per heavy atom. The fraction of sp³-hybridized carbons (Fsp3) is 0.250. The summed E-state index contributed by atoms with van der Waals surface area (Å²) >= 11 is 0. The minimum atomic E-state index is -0.812. The number of aliphatic hydroxyl groups is 1. The van der Waals surface area contributed by atoms with Crippen LogP contribution in [0.25, 0.3) is 0 Å². The van der Waals surface area contributed by atoms with Gasteiger partial charge in [0.05, 0.1) is 19.3 Å². The molecule has 114 valence electrons. The fourth-order valence-corrected chi connectivity index (χ4v) is 2.16. The van der Waals surface area contributed by atoms with Gasteiger partial charge in [-0.3, -0.25) is 0 Å². The number of rotatable bonds is 5. The van der Waals surface area contributed by atoms with Gasteiger partial charge < -0.3 is 15.6 Å². The van der Waals surface area contributed by atoms with E-state index in [4.69, 9.17) is 10.5 Å². The van der Waals surface area contributed by atoms with Gasteiger partial charge >= 0.3 is 0 Å². The van der Waals surface area contributed by atoms with E-state index in [1.165, 1.54) is 25.3 Å². The van der Waals surface area contributed by atoms with Gasteiger partial charge in [-0.1, -0.05) is 30.3 Å². The number of methoxy groups -OCH3 is 1. The Bertz CT molecular complexity index is 565. The van der Waals surface area contributed by atoms with Crippen molar-refractivity contribution < 1.29 is 14.2 Å². The molecule has 0 aliphatic rings. The lowest BCUT2D eigenvalue weighted by Crippen LogP contribution is -2.28. The summed E-state index contributed by atoms with van der Waals surface area (Å²) < 4.78 is 18.5. The molecule has 0 spiro atoms. The van der Waals surface area contributed by atoms with E-state index in [1.807, 2.05) is 30.3 Å². The molecule has 0 unspecified atom stereocenters. The number of benzene rings is 2. The van der Waals surface area contributed by atoms with Gasteiger partial charge in [0, 0.05) is 12.0 Å². The molecule has 0 saturated carbocycles. The number of halogens is 2. The van der Waals surface area contributed by atoms with Crippen LogP contribution in [0.2, 0.25) is 0 Å². The second-order valence-corrected chi connectivity index (χ2v) is 4.67. The van der Waals surface area contributed by atoms with Crippen LogP contribution in [0.1, 0.15) is 17.2 Å². The zero-order valence-electron chi connectivity index (χ0n) is 11.7.